The molecule has 2 aliphatic rings. The Hall–Kier alpha value is -3.56. The summed E-state index contributed by atoms with van der Waals surface area (Å²) < 4.78 is 14.1. The molecule has 0 amide bonds. The number of nitrogens with zero attached hydrogens (tertiary/aromatic N) is 5. The van der Waals surface area contributed by atoms with E-state index in [1.165, 1.54) is 6.33 Å². The Balaban J connectivity index is 1.34. The highest BCUT2D eigenvalue weighted by Crippen LogP contribution is 2.36. The van der Waals surface area contributed by atoms with E-state index in [-0.39, 0.29) is 6.10 Å². The summed E-state index contributed by atoms with van der Waals surface area (Å²) in [5, 5.41) is 11.5. The largest absolute Gasteiger partial charge is 0.488 e. The number of pyridine rings is 2. The number of hydrogen-bond acceptors (Lipinski definition) is 8. The monoisotopic (exact) mass is 443 g/mol. The summed E-state index contributed by atoms with van der Waals surface area (Å²) in [6.07, 6.45) is 8.97. The first-order valence-electron chi connectivity index (χ1n) is 11.2. The third kappa shape index (κ3) is 4.12. The molecule has 0 aliphatic carbocycles. The summed E-state index contributed by atoms with van der Waals surface area (Å²) in [7, 11) is 0. The smallest absolute Gasteiger partial charge is 0.154 e. The van der Waals surface area contributed by atoms with Crippen LogP contribution in [0.5, 0.6) is 5.75 Å². The Morgan fingerprint density at radius 3 is 2.79 bits per heavy atom. The van der Waals surface area contributed by atoms with Crippen LogP contribution in [0.1, 0.15) is 18.5 Å². The van der Waals surface area contributed by atoms with Gasteiger partial charge in [0.15, 0.2) is 5.82 Å². The first-order chi connectivity index (χ1) is 16.2. The van der Waals surface area contributed by atoms with E-state index in [0.29, 0.717) is 23.7 Å². The summed E-state index contributed by atoms with van der Waals surface area (Å²) in [6, 6.07) is 10.7. The second-order valence-electron chi connectivity index (χ2n) is 8.63. The molecule has 0 spiro atoms. The maximum absolute atomic E-state index is 6.56. The lowest BCUT2D eigenvalue weighted by Crippen LogP contribution is -2.56. The number of rotatable bonds is 5. The number of nitrogens with one attached hydrogen (secondary N) is 2. The molecule has 2 atom stereocenters. The Bertz CT molecular complexity index is 1260. The van der Waals surface area contributed by atoms with Crippen molar-refractivity contribution in [3.63, 3.8) is 0 Å². The highest BCUT2D eigenvalue weighted by Gasteiger charge is 2.33. The van der Waals surface area contributed by atoms with Crippen molar-refractivity contribution in [2.24, 2.45) is 0 Å². The number of morpholine rings is 1. The van der Waals surface area contributed by atoms with Crippen LogP contribution in [-0.4, -0.2) is 56.0 Å². The lowest BCUT2D eigenvalue weighted by Gasteiger charge is -2.40. The fraction of sp³-hybridized carbons (Fsp3) is 0.333. The standard InChI is InChI=1S/C24H25N7O2/c1-15-7-20(22(11-26-15)33-18-8-16-12-32-13-17(9-18)28-16)19-3-2-6-31-21(19)10-24(30-31)29-23-4-5-25-14-27-23/h2-7,10-11,14,16-18,28H,8-9,12-13H2,1H3,(H,25,27,29,30). The second kappa shape index (κ2) is 8.42. The number of piperidine rings is 1. The van der Waals surface area contributed by atoms with Crippen molar-refractivity contribution in [3.05, 3.63) is 60.9 Å². The van der Waals surface area contributed by atoms with Gasteiger partial charge in [-0.05, 0) is 25.1 Å². The van der Waals surface area contributed by atoms with Gasteiger partial charge in [0.2, 0.25) is 0 Å². The van der Waals surface area contributed by atoms with Gasteiger partial charge >= 0.3 is 0 Å². The zero-order valence-corrected chi connectivity index (χ0v) is 18.3. The third-order valence-electron chi connectivity index (χ3n) is 6.13. The fourth-order valence-electron chi connectivity index (χ4n) is 4.71. The number of anilines is 2. The quantitative estimate of drug-likeness (QED) is 0.485. The molecule has 4 aromatic heterocycles. The summed E-state index contributed by atoms with van der Waals surface area (Å²) >= 11 is 0. The Labute approximate surface area is 191 Å². The van der Waals surface area contributed by atoms with Crippen molar-refractivity contribution in [2.75, 3.05) is 18.5 Å². The Morgan fingerprint density at radius 1 is 1.09 bits per heavy atom. The van der Waals surface area contributed by atoms with Crippen molar-refractivity contribution in [1.29, 1.82) is 0 Å². The molecule has 9 nitrogen and oxygen atoms in total. The molecule has 168 valence electrons. The minimum absolute atomic E-state index is 0.132. The Morgan fingerprint density at radius 2 is 1.97 bits per heavy atom. The molecular formula is C24H25N7O2. The predicted octanol–water partition coefficient (Wildman–Crippen LogP) is 3.14. The second-order valence-corrected chi connectivity index (χ2v) is 8.63. The number of aryl methyl sites for hydroxylation is 1. The molecule has 0 aromatic carbocycles. The number of fused-ring (bicyclic) bond motifs is 3. The van der Waals surface area contributed by atoms with E-state index in [0.717, 1.165) is 54.1 Å². The van der Waals surface area contributed by atoms with Crippen LogP contribution < -0.4 is 15.4 Å². The van der Waals surface area contributed by atoms with Crippen LogP contribution in [0.25, 0.3) is 16.6 Å². The third-order valence-corrected chi connectivity index (χ3v) is 6.13. The number of aromatic nitrogens is 5. The highest BCUT2D eigenvalue weighted by molar-refractivity contribution is 5.85. The first-order valence-corrected chi connectivity index (χ1v) is 11.2. The van der Waals surface area contributed by atoms with Crippen LogP contribution in [0.3, 0.4) is 0 Å². The van der Waals surface area contributed by atoms with Gasteiger partial charge in [-0.15, -0.1) is 0 Å². The van der Waals surface area contributed by atoms with Crippen molar-refractivity contribution < 1.29 is 9.47 Å². The fourth-order valence-corrected chi connectivity index (χ4v) is 4.71. The van der Waals surface area contributed by atoms with Crippen molar-refractivity contribution in [1.82, 2.24) is 29.9 Å². The molecule has 2 N–H and O–H groups in total. The van der Waals surface area contributed by atoms with Crippen LogP contribution >= 0.6 is 0 Å². The molecule has 9 heteroatoms. The van der Waals surface area contributed by atoms with Crippen LogP contribution in [0, 0.1) is 6.92 Å². The minimum Gasteiger partial charge on any atom is -0.488 e. The molecule has 6 heterocycles. The van der Waals surface area contributed by atoms with Gasteiger partial charge in [-0.25, -0.2) is 14.5 Å². The summed E-state index contributed by atoms with van der Waals surface area (Å²) in [6.45, 7) is 3.48. The molecule has 2 fully saturated rings. The van der Waals surface area contributed by atoms with Gasteiger partial charge in [0.05, 0.1) is 24.9 Å². The molecule has 4 aromatic rings. The molecule has 2 bridgehead atoms. The van der Waals surface area contributed by atoms with Crippen molar-refractivity contribution in [2.45, 2.75) is 38.0 Å². The lowest BCUT2D eigenvalue weighted by molar-refractivity contribution is -0.0122. The molecule has 2 unspecified atom stereocenters. The van der Waals surface area contributed by atoms with E-state index in [2.05, 4.69) is 42.8 Å². The van der Waals surface area contributed by atoms with E-state index in [9.17, 15) is 0 Å². The zero-order valence-electron chi connectivity index (χ0n) is 18.3. The molecular weight excluding hydrogens is 418 g/mol. The lowest BCUT2D eigenvalue weighted by atomic mass is 9.94. The van der Waals surface area contributed by atoms with Gasteiger partial charge in [-0.2, -0.15) is 5.10 Å². The van der Waals surface area contributed by atoms with E-state index in [4.69, 9.17) is 9.47 Å². The van der Waals surface area contributed by atoms with Gasteiger partial charge in [0.25, 0.3) is 0 Å². The molecule has 2 aliphatic heterocycles. The normalized spacial score (nSPS) is 22.3. The molecule has 2 saturated heterocycles. The number of hydrogen-bond donors (Lipinski definition) is 2. The van der Waals surface area contributed by atoms with Crippen molar-refractivity contribution >= 4 is 17.2 Å². The van der Waals surface area contributed by atoms with Gasteiger partial charge in [-0.1, -0.05) is 6.07 Å². The molecule has 33 heavy (non-hydrogen) atoms. The zero-order chi connectivity index (χ0) is 22.2. The average molecular weight is 444 g/mol. The Kier molecular flexibility index (Phi) is 5.12. The van der Waals surface area contributed by atoms with Crippen LogP contribution in [0.2, 0.25) is 0 Å². The molecule has 0 radical (unpaired) electrons. The SMILES string of the molecule is Cc1cc(-c2cccn3nc(Nc4ccncn4)cc23)c(OC2CC3COCC(C2)N3)cn1. The van der Waals surface area contributed by atoms with E-state index >= 15 is 0 Å². The van der Waals surface area contributed by atoms with Crippen LogP contribution in [0.15, 0.2) is 55.2 Å². The molecule has 6 rings (SSSR count). The molecule has 0 saturated carbocycles. The summed E-state index contributed by atoms with van der Waals surface area (Å²) in [5.74, 6) is 2.20. The van der Waals surface area contributed by atoms with Crippen LogP contribution in [0.4, 0.5) is 11.6 Å². The first kappa shape index (κ1) is 20.1. The topological polar surface area (TPSA) is 98.5 Å². The van der Waals surface area contributed by atoms with E-state index in [1.807, 2.05) is 42.0 Å². The van der Waals surface area contributed by atoms with Gasteiger partial charge in [-0.3, -0.25) is 4.98 Å². The van der Waals surface area contributed by atoms with Crippen LogP contribution in [-0.2, 0) is 4.74 Å². The average Bonchev–Trinajstić information content (AvgIpc) is 3.23. The maximum Gasteiger partial charge on any atom is 0.154 e. The maximum atomic E-state index is 6.56. The highest BCUT2D eigenvalue weighted by atomic mass is 16.5. The van der Waals surface area contributed by atoms with Gasteiger partial charge in [0.1, 0.15) is 24.0 Å². The predicted molar refractivity (Wildman–Crippen MR) is 124 cm³/mol. The van der Waals surface area contributed by atoms with Gasteiger partial charge in [0, 0.05) is 60.2 Å². The van der Waals surface area contributed by atoms with Crippen molar-refractivity contribution in [3.8, 4) is 16.9 Å². The minimum atomic E-state index is 0.132. The summed E-state index contributed by atoms with van der Waals surface area (Å²) in [4.78, 5) is 12.7. The summed E-state index contributed by atoms with van der Waals surface area (Å²) in [5.41, 5.74) is 3.97. The van der Waals surface area contributed by atoms with Gasteiger partial charge < -0.3 is 20.1 Å². The number of ether oxygens (including phenoxy) is 2. The van der Waals surface area contributed by atoms with E-state index < -0.39 is 0 Å². The van der Waals surface area contributed by atoms with E-state index in [1.54, 1.807) is 6.20 Å².